The molecule has 0 aromatic heterocycles. The van der Waals surface area contributed by atoms with Gasteiger partial charge in [-0.25, -0.2) is 0 Å². The molecule has 1 aromatic carbocycles. The summed E-state index contributed by atoms with van der Waals surface area (Å²) in [5.74, 6) is -1.19. The van der Waals surface area contributed by atoms with Crippen LogP contribution in [0, 0.1) is 0 Å². The maximum Gasteiger partial charge on any atom is 0.255 e. The zero-order valence-corrected chi connectivity index (χ0v) is 8.74. The Labute approximate surface area is 88.2 Å². The number of nitrogens with one attached hydrogen (secondary N) is 1. The van der Waals surface area contributed by atoms with Gasteiger partial charge in [-0.2, -0.15) is 0 Å². The fourth-order valence-electron chi connectivity index (χ4n) is 1.76. The van der Waals surface area contributed by atoms with Crippen LogP contribution in [0.5, 0.6) is 0 Å². The molecular formula is C11H13NO3. The quantitative estimate of drug-likeness (QED) is 0.733. The number of fused-ring (bicyclic) bond motifs is 1. The molecule has 0 radical (unpaired) electrons. The number of ether oxygens (including phenoxy) is 2. The van der Waals surface area contributed by atoms with E-state index < -0.39 is 5.91 Å². The van der Waals surface area contributed by atoms with Gasteiger partial charge in [-0.1, -0.05) is 18.2 Å². The monoisotopic (exact) mass is 207 g/mol. The van der Waals surface area contributed by atoms with E-state index in [0.717, 1.165) is 5.56 Å². The molecule has 0 saturated heterocycles. The van der Waals surface area contributed by atoms with Crippen molar-refractivity contribution in [1.29, 1.82) is 0 Å². The van der Waals surface area contributed by atoms with E-state index in [1.807, 2.05) is 18.2 Å². The zero-order valence-electron chi connectivity index (χ0n) is 8.74. The molecule has 0 aliphatic carbocycles. The first kappa shape index (κ1) is 10.1. The largest absolute Gasteiger partial charge is 0.336 e. The minimum absolute atomic E-state index is 0.166. The van der Waals surface area contributed by atoms with Crippen molar-refractivity contribution in [2.45, 2.75) is 12.3 Å². The topological polar surface area (TPSA) is 47.6 Å². The number of amides is 1. The van der Waals surface area contributed by atoms with Crippen molar-refractivity contribution >= 4 is 5.91 Å². The molecule has 4 heteroatoms. The lowest BCUT2D eigenvalue weighted by atomic mass is 9.98. The van der Waals surface area contributed by atoms with Crippen molar-refractivity contribution in [3.63, 3.8) is 0 Å². The number of hydrogen-bond acceptors (Lipinski definition) is 3. The summed E-state index contributed by atoms with van der Waals surface area (Å²) in [5.41, 5.74) is 1.62. The van der Waals surface area contributed by atoms with E-state index in [9.17, 15) is 4.79 Å². The van der Waals surface area contributed by atoms with E-state index >= 15 is 0 Å². The number of hydrogen-bond donors (Lipinski definition) is 1. The molecule has 0 spiro atoms. The average molecular weight is 207 g/mol. The van der Waals surface area contributed by atoms with Crippen LogP contribution in [0.3, 0.4) is 0 Å². The second-order valence-electron chi connectivity index (χ2n) is 3.45. The molecular weight excluding hydrogens is 194 g/mol. The smallest absolute Gasteiger partial charge is 0.255 e. The molecule has 0 atom stereocenters. The molecule has 4 nitrogen and oxygen atoms in total. The number of carbonyl (C=O) groups is 1. The first-order valence-electron chi connectivity index (χ1n) is 4.71. The first-order valence-corrected chi connectivity index (χ1v) is 4.71. The van der Waals surface area contributed by atoms with Gasteiger partial charge >= 0.3 is 0 Å². The third-order valence-electron chi connectivity index (χ3n) is 2.65. The van der Waals surface area contributed by atoms with Crippen molar-refractivity contribution in [1.82, 2.24) is 5.32 Å². The minimum Gasteiger partial charge on any atom is -0.336 e. The molecule has 1 aliphatic heterocycles. The molecule has 0 unspecified atom stereocenters. The average Bonchev–Trinajstić information content (AvgIpc) is 2.29. The van der Waals surface area contributed by atoms with Gasteiger partial charge in [0.2, 0.25) is 0 Å². The van der Waals surface area contributed by atoms with Crippen LogP contribution in [-0.2, 0) is 15.9 Å². The molecule has 1 amide bonds. The summed E-state index contributed by atoms with van der Waals surface area (Å²) >= 11 is 0. The van der Waals surface area contributed by atoms with Crippen molar-refractivity contribution < 1.29 is 14.3 Å². The van der Waals surface area contributed by atoms with Gasteiger partial charge < -0.3 is 14.8 Å². The number of benzene rings is 1. The second-order valence-corrected chi connectivity index (χ2v) is 3.45. The van der Waals surface area contributed by atoms with Gasteiger partial charge in [-0.3, -0.25) is 4.79 Å². The third-order valence-corrected chi connectivity index (χ3v) is 2.65. The normalized spacial score (nSPS) is 18.1. The van der Waals surface area contributed by atoms with E-state index in [1.165, 1.54) is 14.2 Å². The highest BCUT2D eigenvalue weighted by Crippen LogP contribution is 2.24. The Morgan fingerprint density at radius 3 is 2.60 bits per heavy atom. The highest BCUT2D eigenvalue weighted by Gasteiger charge is 2.38. The SMILES string of the molecule is COC1(OC)Cc2ccccc2C(=O)N1. The van der Waals surface area contributed by atoms with Crippen molar-refractivity contribution in [2.24, 2.45) is 0 Å². The third kappa shape index (κ3) is 1.62. The molecule has 2 rings (SSSR count). The van der Waals surface area contributed by atoms with E-state index in [2.05, 4.69) is 5.32 Å². The molecule has 0 bridgehead atoms. The Hall–Kier alpha value is -1.39. The van der Waals surface area contributed by atoms with Crippen LogP contribution in [0.2, 0.25) is 0 Å². The van der Waals surface area contributed by atoms with Crippen molar-refractivity contribution in [3.8, 4) is 0 Å². The van der Waals surface area contributed by atoms with Crippen LogP contribution >= 0.6 is 0 Å². The van der Waals surface area contributed by atoms with Crippen LogP contribution in [0.4, 0.5) is 0 Å². The van der Waals surface area contributed by atoms with Gasteiger partial charge in [0.25, 0.3) is 11.8 Å². The Balaban J connectivity index is 2.41. The predicted molar refractivity (Wildman–Crippen MR) is 54.4 cm³/mol. The molecule has 80 valence electrons. The van der Waals surface area contributed by atoms with Crippen LogP contribution < -0.4 is 5.32 Å². The lowest BCUT2D eigenvalue weighted by Gasteiger charge is -2.35. The van der Waals surface area contributed by atoms with Gasteiger partial charge in [0.05, 0.1) is 0 Å². The van der Waals surface area contributed by atoms with Crippen LogP contribution in [-0.4, -0.2) is 26.0 Å². The zero-order chi connectivity index (χ0) is 10.9. The number of carbonyl (C=O) groups excluding carboxylic acids is 1. The molecule has 0 saturated carbocycles. The van der Waals surface area contributed by atoms with Crippen molar-refractivity contribution in [2.75, 3.05) is 14.2 Å². The summed E-state index contributed by atoms with van der Waals surface area (Å²) in [6, 6.07) is 7.43. The summed E-state index contributed by atoms with van der Waals surface area (Å²) in [6.45, 7) is 0. The Bertz CT molecular complexity index is 385. The van der Waals surface area contributed by atoms with Crippen molar-refractivity contribution in [3.05, 3.63) is 35.4 Å². The van der Waals surface area contributed by atoms with Crippen LogP contribution in [0.1, 0.15) is 15.9 Å². The molecule has 1 heterocycles. The lowest BCUT2D eigenvalue weighted by molar-refractivity contribution is -0.220. The molecule has 15 heavy (non-hydrogen) atoms. The van der Waals surface area contributed by atoms with E-state index in [4.69, 9.17) is 9.47 Å². The highest BCUT2D eigenvalue weighted by molar-refractivity contribution is 5.97. The van der Waals surface area contributed by atoms with Crippen LogP contribution in [0.25, 0.3) is 0 Å². The van der Waals surface area contributed by atoms with E-state index in [-0.39, 0.29) is 5.91 Å². The summed E-state index contributed by atoms with van der Waals surface area (Å²) in [5, 5.41) is 2.70. The Morgan fingerprint density at radius 2 is 1.93 bits per heavy atom. The summed E-state index contributed by atoms with van der Waals surface area (Å²) in [4.78, 5) is 11.7. The minimum atomic E-state index is -1.02. The molecule has 1 aromatic rings. The number of rotatable bonds is 2. The fraction of sp³-hybridized carbons (Fsp3) is 0.364. The van der Waals surface area contributed by atoms with Gasteiger partial charge in [-0.05, 0) is 11.6 Å². The summed E-state index contributed by atoms with van der Waals surface area (Å²) < 4.78 is 10.4. The maximum absolute atomic E-state index is 11.7. The summed E-state index contributed by atoms with van der Waals surface area (Å²) in [7, 11) is 3.02. The maximum atomic E-state index is 11.7. The second kappa shape index (κ2) is 3.64. The highest BCUT2D eigenvalue weighted by atomic mass is 16.7. The van der Waals surface area contributed by atoms with Crippen LogP contribution in [0.15, 0.2) is 24.3 Å². The van der Waals surface area contributed by atoms with Gasteiger partial charge in [0.15, 0.2) is 0 Å². The predicted octanol–water partition coefficient (Wildman–Crippen LogP) is 0.919. The Morgan fingerprint density at radius 1 is 1.27 bits per heavy atom. The van der Waals surface area contributed by atoms with Gasteiger partial charge in [0.1, 0.15) is 0 Å². The standard InChI is InChI=1S/C11H13NO3/c1-14-11(15-2)7-8-5-3-4-6-9(8)10(13)12-11/h3-6H,7H2,1-2H3,(H,12,13). The van der Waals surface area contributed by atoms with E-state index in [0.29, 0.717) is 12.0 Å². The molecule has 0 fully saturated rings. The van der Waals surface area contributed by atoms with Gasteiger partial charge in [0, 0.05) is 26.2 Å². The van der Waals surface area contributed by atoms with Gasteiger partial charge in [-0.15, -0.1) is 0 Å². The first-order chi connectivity index (χ1) is 7.21. The fourth-order valence-corrected chi connectivity index (χ4v) is 1.76. The Kier molecular flexibility index (Phi) is 2.46. The number of methoxy groups -OCH3 is 2. The lowest BCUT2D eigenvalue weighted by Crippen LogP contribution is -2.56. The molecule has 1 N–H and O–H groups in total. The molecule has 1 aliphatic rings. The van der Waals surface area contributed by atoms with E-state index in [1.54, 1.807) is 6.07 Å². The summed E-state index contributed by atoms with van der Waals surface area (Å²) in [6.07, 6.45) is 0.516.